The van der Waals surface area contributed by atoms with Crippen LogP contribution in [-0.4, -0.2) is 16.2 Å². The van der Waals surface area contributed by atoms with Gasteiger partial charge in [0, 0.05) is 35.3 Å². The van der Waals surface area contributed by atoms with Crippen molar-refractivity contribution in [3.63, 3.8) is 0 Å². The Hall–Kier alpha value is -0.760. The molecule has 1 fully saturated rings. The maximum Gasteiger partial charge on any atom is 0.164 e. The lowest BCUT2D eigenvalue weighted by atomic mass is 9.95. The summed E-state index contributed by atoms with van der Waals surface area (Å²) in [5.74, 6) is 0.809. The van der Waals surface area contributed by atoms with E-state index in [-0.39, 0.29) is 5.78 Å². The maximum atomic E-state index is 12.2. The Labute approximate surface area is 121 Å². The van der Waals surface area contributed by atoms with E-state index in [1.807, 2.05) is 0 Å². The number of hydrogen-bond donors (Lipinski definition) is 0. The number of nitrogens with zero attached hydrogens (tertiary/aromatic N) is 1. The molecule has 1 aromatic rings. The van der Waals surface area contributed by atoms with Gasteiger partial charge in [0.25, 0.3) is 0 Å². The average molecular weight is 282 g/mol. The first-order valence-corrected chi connectivity index (χ1v) is 7.96. The van der Waals surface area contributed by atoms with Gasteiger partial charge < -0.3 is 4.57 Å². The molecule has 0 radical (unpaired) electrons. The third-order valence-electron chi connectivity index (χ3n) is 4.26. The number of alkyl halides is 1. The van der Waals surface area contributed by atoms with E-state index in [9.17, 15) is 4.79 Å². The number of carbonyl (C=O) groups excluding carboxylic acids is 1. The van der Waals surface area contributed by atoms with E-state index in [0.29, 0.717) is 18.3 Å². The lowest BCUT2D eigenvalue weighted by Crippen LogP contribution is -2.15. The number of hydrogen-bond acceptors (Lipinski definition) is 1. The van der Waals surface area contributed by atoms with Crippen molar-refractivity contribution in [2.24, 2.45) is 0 Å². The van der Waals surface area contributed by atoms with Gasteiger partial charge in [-0.1, -0.05) is 19.3 Å². The van der Waals surface area contributed by atoms with E-state index in [1.54, 1.807) is 0 Å². The minimum atomic E-state index is 0.246. The fraction of sp³-hybridized carbons (Fsp3) is 0.688. The number of aryl methyl sites for hydroxylation is 1. The molecule has 1 heterocycles. The fourth-order valence-electron chi connectivity index (χ4n) is 3.32. The Kier molecular flexibility index (Phi) is 5.09. The van der Waals surface area contributed by atoms with Gasteiger partial charge in [0.15, 0.2) is 5.78 Å². The van der Waals surface area contributed by atoms with Crippen molar-refractivity contribution in [2.75, 3.05) is 5.88 Å². The molecule has 0 saturated heterocycles. The second-order valence-electron chi connectivity index (χ2n) is 5.66. The lowest BCUT2D eigenvalue weighted by Gasteiger charge is -2.26. The van der Waals surface area contributed by atoms with Crippen LogP contribution in [-0.2, 0) is 0 Å². The van der Waals surface area contributed by atoms with Crippen LogP contribution in [0.5, 0.6) is 0 Å². The van der Waals surface area contributed by atoms with Gasteiger partial charge >= 0.3 is 0 Å². The van der Waals surface area contributed by atoms with Crippen LogP contribution < -0.4 is 0 Å². The standard InChI is InChI=1S/C16H24ClNO/c1-12-11-15(16(19)9-6-10-17)13(2)18(12)14-7-4-3-5-8-14/h11,14H,3-10H2,1-2H3. The molecule has 0 aromatic carbocycles. The molecule has 3 heteroatoms. The van der Waals surface area contributed by atoms with Gasteiger partial charge in [0.05, 0.1) is 0 Å². The molecule has 1 aliphatic carbocycles. The van der Waals surface area contributed by atoms with Crippen molar-refractivity contribution < 1.29 is 4.79 Å². The molecular weight excluding hydrogens is 258 g/mol. The van der Waals surface area contributed by atoms with E-state index in [4.69, 9.17) is 11.6 Å². The molecule has 2 nitrogen and oxygen atoms in total. The first-order chi connectivity index (χ1) is 9.15. The van der Waals surface area contributed by atoms with Crippen LogP contribution in [0.2, 0.25) is 0 Å². The predicted molar refractivity (Wildman–Crippen MR) is 80.3 cm³/mol. The minimum Gasteiger partial charge on any atom is -0.345 e. The molecular formula is C16H24ClNO. The summed E-state index contributed by atoms with van der Waals surface area (Å²) >= 11 is 5.67. The highest BCUT2D eigenvalue weighted by atomic mass is 35.5. The molecule has 1 aromatic heterocycles. The van der Waals surface area contributed by atoms with Crippen molar-refractivity contribution >= 4 is 17.4 Å². The lowest BCUT2D eigenvalue weighted by molar-refractivity contribution is 0.0981. The highest BCUT2D eigenvalue weighted by Gasteiger charge is 2.22. The van der Waals surface area contributed by atoms with Crippen LogP contribution >= 0.6 is 11.6 Å². The number of Topliss-reactive ketones (excluding diaryl/α,β-unsaturated/α-hetero) is 1. The SMILES string of the molecule is Cc1cc(C(=O)CCCCl)c(C)n1C1CCCCC1. The number of halogens is 1. The highest BCUT2D eigenvalue weighted by molar-refractivity contribution is 6.18. The number of aromatic nitrogens is 1. The molecule has 2 rings (SSSR count). The summed E-state index contributed by atoms with van der Waals surface area (Å²) in [5.41, 5.74) is 3.30. The summed E-state index contributed by atoms with van der Waals surface area (Å²) in [6, 6.07) is 2.67. The predicted octanol–water partition coefficient (Wildman–Crippen LogP) is 4.81. The summed E-state index contributed by atoms with van der Waals surface area (Å²) in [7, 11) is 0. The van der Waals surface area contributed by atoms with E-state index in [1.165, 1.54) is 37.8 Å². The monoisotopic (exact) mass is 281 g/mol. The zero-order valence-electron chi connectivity index (χ0n) is 12.0. The fourth-order valence-corrected chi connectivity index (χ4v) is 3.46. The van der Waals surface area contributed by atoms with Crippen LogP contribution in [0.25, 0.3) is 0 Å². The van der Waals surface area contributed by atoms with Crippen molar-refractivity contribution in [3.8, 4) is 0 Å². The Balaban J connectivity index is 2.21. The molecule has 106 valence electrons. The number of ketones is 1. The van der Waals surface area contributed by atoms with Crippen LogP contribution in [0, 0.1) is 13.8 Å². The first-order valence-electron chi connectivity index (χ1n) is 7.42. The molecule has 0 amide bonds. The van der Waals surface area contributed by atoms with E-state index in [0.717, 1.165) is 17.7 Å². The first kappa shape index (κ1) is 14.6. The largest absolute Gasteiger partial charge is 0.345 e. The van der Waals surface area contributed by atoms with Gasteiger partial charge in [-0.15, -0.1) is 11.6 Å². The summed E-state index contributed by atoms with van der Waals surface area (Å²) < 4.78 is 2.40. The van der Waals surface area contributed by atoms with Gasteiger partial charge in [-0.05, 0) is 39.2 Å². The molecule has 0 aliphatic heterocycles. The third-order valence-corrected chi connectivity index (χ3v) is 4.53. The van der Waals surface area contributed by atoms with Crippen molar-refractivity contribution in [1.29, 1.82) is 0 Å². The Morgan fingerprint density at radius 2 is 2.00 bits per heavy atom. The molecule has 1 saturated carbocycles. The number of rotatable bonds is 5. The van der Waals surface area contributed by atoms with Gasteiger partial charge in [-0.2, -0.15) is 0 Å². The zero-order chi connectivity index (χ0) is 13.8. The van der Waals surface area contributed by atoms with Crippen LogP contribution in [0.1, 0.15) is 72.7 Å². The molecule has 19 heavy (non-hydrogen) atoms. The summed E-state index contributed by atoms with van der Waals surface area (Å²) in [6.45, 7) is 4.22. The average Bonchev–Trinajstić information content (AvgIpc) is 2.72. The van der Waals surface area contributed by atoms with Crippen molar-refractivity contribution in [2.45, 2.75) is 64.8 Å². The molecule has 0 atom stereocenters. The Bertz CT molecular complexity index is 444. The van der Waals surface area contributed by atoms with E-state index in [2.05, 4.69) is 24.5 Å². The van der Waals surface area contributed by atoms with Gasteiger partial charge in [-0.3, -0.25) is 4.79 Å². The zero-order valence-corrected chi connectivity index (χ0v) is 12.8. The maximum absolute atomic E-state index is 12.2. The number of carbonyl (C=O) groups is 1. The van der Waals surface area contributed by atoms with Crippen molar-refractivity contribution in [1.82, 2.24) is 4.57 Å². The van der Waals surface area contributed by atoms with Gasteiger partial charge in [0.1, 0.15) is 0 Å². The molecule has 0 N–H and O–H groups in total. The van der Waals surface area contributed by atoms with Gasteiger partial charge in [0.2, 0.25) is 0 Å². The van der Waals surface area contributed by atoms with Crippen LogP contribution in [0.15, 0.2) is 6.07 Å². The Morgan fingerprint density at radius 3 is 2.63 bits per heavy atom. The summed E-state index contributed by atoms with van der Waals surface area (Å²) in [4.78, 5) is 12.2. The van der Waals surface area contributed by atoms with E-state index >= 15 is 0 Å². The molecule has 0 bridgehead atoms. The van der Waals surface area contributed by atoms with E-state index < -0.39 is 0 Å². The summed E-state index contributed by atoms with van der Waals surface area (Å²) in [5, 5.41) is 0. The highest BCUT2D eigenvalue weighted by Crippen LogP contribution is 2.32. The Morgan fingerprint density at radius 1 is 1.32 bits per heavy atom. The summed E-state index contributed by atoms with van der Waals surface area (Å²) in [6.07, 6.45) is 7.84. The van der Waals surface area contributed by atoms with Crippen LogP contribution in [0.4, 0.5) is 0 Å². The van der Waals surface area contributed by atoms with Crippen molar-refractivity contribution in [3.05, 3.63) is 23.0 Å². The van der Waals surface area contributed by atoms with Crippen LogP contribution in [0.3, 0.4) is 0 Å². The molecule has 0 unspecified atom stereocenters. The normalized spacial score (nSPS) is 16.8. The molecule has 1 aliphatic rings. The smallest absolute Gasteiger partial charge is 0.164 e. The van der Waals surface area contributed by atoms with Gasteiger partial charge in [-0.25, -0.2) is 0 Å². The molecule has 0 spiro atoms. The minimum absolute atomic E-state index is 0.246. The second-order valence-corrected chi connectivity index (χ2v) is 6.04. The second kappa shape index (κ2) is 6.60. The topological polar surface area (TPSA) is 22.0 Å². The third kappa shape index (κ3) is 3.22. The quantitative estimate of drug-likeness (QED) is 0.561.